The van der Waals surface area contributed by atoms with Crippen molar-refractivity contribution in [2.75, 3.05) is 41.5 Å². The zero-order valence-corrected chi connectivity index (χ0v) is 21.2. The third kappa shape index (κ3) is 6.74. The van der Waals surface area contributed by atoms with Crippen LogP contribution in [-0.4, -0.2) is 52.3 Å². The van der Waals surface area contributed by atoms with Crippen molar-refractivity contribution in [1.82, 2.24) is 10.2 Å². The Balaban J connectivity index is 0.00000341. The van der Waals surface area contributed by atoms with Crippen molar-refractivity contribution in [3.63, 3.8) is 0 Å². The summed E-state index contributed by atoms with van der Waals surface area (Å²) in [5.41, 5.74) is 2.32. The third-order valence-electron chi connectivity index (χ3n) is 5.57. The Bertz CT molecular complexity index is 832. The molecule has 0 saturated carbocycles. The first-order valence-electron chi connectivity index (χ1n) is 10.5. The molecule has 2 atom stereocenters. The van der Waals surface area contributed by atoms with Crippen molar-refractivity contribution in [1.29, 1.82) is 0 Å². The summed E-state index contributed by atoms with van der Waals surface area (Å²) in [6.07, 6.45) is 2.35. The quantitative estimate of drug-likeness (QED) is 0.319. The number of halogens is 1. The van der Waals surface area contributed by atoms with Crippen molar-refractivity contribution in [2.24, 2.45) is 10.9 Å². The van der Waals surface area contributed by atoms with Crippen molar-refractivity contribution in [3.05, 3.63) is 59.7 Å². The van der Waals surface area contributed by atoms with E-state index in [0.29, 0.717) is 12.5 Å². The number of nitrogens with one attached hydrogen (secondary N) is 1. The smallest absolute Gasteiger partial charge is 0.193 e. The van der Waals surface area contributed by atoms with E-state index in [1.807, 2.05) is 38.4 Å². The van der Waals surface area contributed by atoms with Gasteiger partial charge in [0.05, 0.1) is 20.3 Å². The standard InChI is InChI=1S/C24H33N3O3.HI/c1-25-24(27(2)17-20-12-13-21(28-3)15-22(20)29-4)26-16-19-11-8-14-30-23(19)18-9-6-5-7-10-18;/h5-7,9-10,12-13,15,19,23H,8,11,14,16-17H2,1-4H3,(H,25,26);1H. The van der Waals surface area contributed by atoms with Gasteiger partial charge in [0.1, 0.15) is 11.5 Å². The molecule has 0 aliphatic carbocycles. The predicted molar refractivity (Wildman–Crippen MR) is 136 cm³/mol. The van der Waals surface area contributed by atoms with Crippen LogP contribution in [0.2, 0.25) is 0 Å². The van der Waals surface area contributed by atoms with Crippen LogP contribution in [0.15, 0.2) is 53.5 Å². The molecule has 1 heterocycles. The van der Waals surface area contributed by atoms with Gasteiger partial charge in [-0.2, -0.15) is 0 Å². The van der Waals surface area contributed by atoms with Gasteiger partial charge in [-0.3, -0.25) is 4.99 Å². The highest BCUT2D eigenvalue weighted by molar-refractivity contribution is 14.0. The van der Waals surface area contributed by atoms with E-state index in [1.54, 1.807) is 14.2 Å². The molecule has 2 unspecified atom stereocenters. The van der Waals surface area contributed by atoms with E-state index in [-0.39, 0.29) is 30.1 Å². The lowest BCUT2D eigenvalue weighted by molar-refractivity contribution is -0.0266. The van der Waals surface area contributed by atoms with Gasteiger partial charge in [0.15, 0.2) is 5.96 Å². The highest BCUT2D eigenvalue weighted by Crippen LogP contribution is 2.33. The van der Waals surface area contributed by atoms with Crippen LogP contribution in [0.25, 0.3) is 0 Å². The van der Waals surface area contributed by atoms with E-state index in [9.17, 15) is 0 Å². The molecule has 1 saturated heterocycles. The summed E-state index contributed by atoms with van der Waals surface area (Å²) in [4.78, 5) is 6.58. The Hall–Kier alpha value is -2.00. The summed E-state index contributed by atoms with van der Waals surface area (Å²) in [6, 6.07) is 16.4. The van der Waals surface area contributed by atoms with Crippen LogP contribution in [0.5, 0.6) is 11.5 Å². The Kier molecular flexibility index (Phi) is 10.4. The van der Waals surface area contributed by atoms with Gasteiger partial charge in [0.25, 0.3) is 0 Å². The molecule has 2 aromatic carbocycles. The van der Waals surface area contributed by atoms with Crippen LogP contribution in [0.1, 0.15) is 30.1 Å². The molecule has 31 heavy (non-hydrogen) atoms. The van der Waals surface area contributed by atoms with Gasteiger partial charge in [-0.05, 0) is 30.5 Å². The zero-order chi connectivity index (χ0) is 21.3. The second-order valence-electron chi connectivity index (χ2n) is 7.57. The summed E-state index contributed by atoms with van der Waals surface area (Å²) in [7, 11) is 7.18. The molecule has 170 valence electrons. The number of benzene rings is 2. The molecule has 0 amide bonds. The third-order valence-corrected chi connectivity index (χ3v) is 5.57. The largest absolute Gasteiger partial charge is 0.497 e. The van der Waals surface area contributed by atoms with Gasteiger partial charge in [-0.15, -0.1) is 24.0 Å². The molecule has 0 radical (unpaired) electrons. The van der Waals surface area contributed by atoms with Gasteiger partial charge in [0.2, 0.25) is 0 Å². The van der Waals surface area contributed by atoms with Crippen molar-refractivity contribution in [3.8, 4) is 11.5 Å². The normalized spacial score (nSPS) is 18.6. The zero-order valence-electron chi connectivity index (χ0n) is 18.8. The van der Waals surface area contributed by atoms with Gasteiger partial charge in [-0.1, -0.05) is 30.3 Å². The SMILES string of the molecule is CN=C(NCC1CCCOC1c1ccccc1)N(C)Cc1ccc(OC)cc1OC.I. The van der Waals surface area contributed by atoms with E-state index in [4.69, 9.17) is 14.2 Å². The minimum atomic E-state index is 0. The van der Waals surface area contributed by atoms with E-state index < -0.39 is 0 Å². The van der Waals surface area contributed by atoms with Gasteiger partial charge in [-0.25, -0.2) is 0 Å². The summed E-state index contributed by atoms with van der Waals surface area (Å²) in [5, 5.41) is 3.55. The van der Waals surface area contributed by atoms with Crippen molar-refractivity contribution >= 4 is 29.9 Å². The van der Waals surface area contributed by atoms with Crippen molar-refractivity contribution in [2.45, 2.75) is 25.5 Å². The molecule has 1 fully saturated rings. The highest BCUT2D eigenvalue weighted by Gasteiger charge is 2.27. The highest BCUT2D eigenvalue weighted by atomic mass is 127. The monoisotopic (exact) mass is 539 g/mol. The fourth-order valence-electron chi connectivity index (χ4n) is 3.98. The molecule has 1 N–H and O–H groups in total. The first-order chi connectivity index (χ1) is 14.7. The maximum Gasteiger partial charge on any atom is 0.193 e. The first-order valence-corrected chi connectivity index (χ1v) is 10.5. The number of nitrogens with zero attached hydrogens (tertiary/aromatic N) is 2. The van der Waals surface area contributed by atoms with E-state index in [0.717, 1.165) is 49.0 Å². The molecule has 0 aromatic heterocycles. The average molecular weight is 539 g/mol. The predicted octanol–water partition coefficient (Wildman–Crippen LogP) is 4.50. The molecule has 7 heteroatoms. The second-order valence-corrected chi connectivity index (χ2v) is 7.57. The Morgan fingerprint density at radius 3 is 2.61 bits per heavy atom. The molecule has 0 bridgehead atoms. The van der Waals surface area contributed by atoms with E-state index in [1.165, 1.54) is 5.56 Å². The molecule has 3 rings (SSSR count). The van der Waals surface area contributed by atoms with Crippen LogP contribution in [0.4, 0.5) is 0 Å². The number of hydrogen-bond acceptors (Lipinski definition) is 4. The number of ether oxygens (including phenoxy) is 3. The fourth-order valence-corrected chi connectivity index (χ4v) is 3.98. The molecule has 1 aliphatic heterocycles. The lowest BCUT2D eigenvalue weighted by atomic mass is 9.89. The van der Waals surface area contributed by atoms with Crippen LogP contribution >= 0.6 is 24.0 Å². The van der Waals surface area contributed by atoms with Gasteiger partial charge >= 0.3 is 0 Å². The first kappa shape index (κ1) is 25.3. The molecule has 1 aliphatic rings. The van der Waals surface area contributed by atoms with Gasteiger partial charge in [0, 0.05) is 51.3 Å². The van der Waals surface area contributed by atoms with Gasteiger partial charge < -0.3 is 24.4 Å². The molecular weight excluding hydrogens is 505 g/mol. The topological polar surface area (TPSA) is 55.3 Å². The molecular formula is C24H34IN3O3. The number of aliphatic imine (C=N–C) groups is 1. The molecule has 2 aromatic rings. The fraction of sp³-hybridized carbons (Fsp3) is 0.458. The summed E-state index contributed by atoms with van der Waals surface area (Å²) < 4.78 is 17.0. The second kappa shape index (κ2) is 12.8. The van der Waals surface area contributed by atoms with Crippen LogP contribution in [0.3, 0.4) is 0 Å². The Morgan fingerprint density at radius 1 is 1.16 bits per heavy atom. The van der Waals surface area contributed by atoms with Crippen LogP contribution in [0, 0.1) is 5.92 Å². The number of methoxy groups -OCH3 is 2. The average Bonchev–Trinajstić information content (AvgIpc) is 2.80. The number of guanidine groups is 1. The summed E-state index contributed by atoms with van der Waals surface area (Å²) in [5.74, 6) is 2.85. The number of hydrogen-bond donors (Lipinski definition) is 1. The number of rotatable bonds is 7. The Labute approximate surface area is 203 Å². The minimum Gasteiger partial charge on any atom is -0.497 e. The molecule has 6 nitrogen and oxygen atoms in total. The lowest BCUT2D eigenvalue weighted by Crippen LogP contribution is -2.42. The van der Waals surface area contributed by atoms with Crippen LogP contribution in [-0.2, 0) is 11.3 Å². The summed E-state index contributed by atoms with van der Waals surface area (Å²) in [6.45, 7) is 2.31. The maximum atomic E-state index is 6.13. The minimum absolute atomic E-state index is 0. The van der Waals surface area contributed by atoms with Crippen LogP contribution < -0.4 is 14.8 Å². The Morgan fingerprint density at radius 2 is 1.94 bits per heavy atom. The summed E-state index contributed by atoms with van der Waals surface area (Å²) >= 11 is 0. The maximum absolute atomic E-state index is 6.13. The van der Waals surface area contributed by atoms with E-state index >= 15 is 0 Å². The lowest BCUT2D eigenvalue weighted by Gasteiger charge is -2.33. The molecule has 0 spiro atoms. The van der Waals surface area contributed by atoms with E-state index in [2.05, 4.69) is 39.5 Å². The van der Waals surface area contributed by atoms with Crippen molar-refractivity contribution < 1.29 is 14.2 Å².